The summed E-state index contributed by atoms with van der Waals surface area (Å²) in [7, 11) is 0.971. The van der Waals surface area contributed by atoms with Crippen LogP contribution < -0.4 is 4.74 Å². The first-order valence-electron chi connectivity index (χ1n) is 7.68. The van der Waals surface area contributed by atoms with Gasteiger partial charge in [0.25, 0.3) is 5.91 Å². The highest BCUT2D eigenvalue weighted by atomic mass is 32.2. The first-order chi connectivity index (χ1) is 11.2. The molecule has 1 heterocycles. The van der Waals surface area contributed by atoms with Crippen molar-refractivity contribution >= 4 is 15.9 Å². The minimum Gasteiger partial charge on any atom is -0.496 e. The van der Waals surface area contributed by atoms with Gasteiger partial charge >= 0.3 is 0 Å². The van der Waals surface area contributed by atoms with E-state index in [-0.39, 0.29) is 24.7 Å². The summed E-state index contributed by atoms with van der Waals surface area (Å²) < 4.78 is 30.4. The Morgan fingerprint density at radius 2 is 2.04 bits per heavy atom. The van der Waals surface area contributed by atoms with Crippen molar-refractivity contribution in [3.8, 4) is 5.75 Å². The van der Waals surface area contributed by atoms with Crippen LogP contribution in [0, 0.1) is 12.8 Å². The maximum Gasteiger partial charge on any atom is 0.257 e. The molecule has 1 aromatic rings. The van der Waals surface area contributed by atoms with Crippen molar-refractivity contribution in [2.75, 3.05) is 40.0 Å². The summed E-state index contributed by atoms with van der Waals surface area (Å²) in [6.07, 6.45) is -0.862. The Balaban J connectivity index is 2.20. The van der Waals surface area contributed by atoms with Crippen molar-refractivity contribution < 1.29 is 23.1 Å². The molecule has 1 amide bonds. The maximum atomic E-state index is 12.8. The third-order valence-corrected chi connectivity index (χ3v) is 6.31. The number of nitrogens with zero attached hydrogens (tertiary/aromatic N) is 2. The van der Waals surface area contributed by atoms with Gasteiger partial charge in [-0.2, -0.15) is 0 Å². The summed E-state index contributed by atoms with van der Waals surface area (Å²) in [5.41, 5.74) is 1.22. The van der Waals surface area contributed by atoms with Gasteiger partial charge in [0.05, 0.1) is 24.5 Å². The van der Waals surface area contributed by atoms with Crippen LogP contribution in [-0.2, 0) is 10.0 Å². The van der Waals surface area contributed by atoms with Crippen LogP contribution in [0.2, 0.25) is 0 Å². The second kappa shape index (κ2) is 7.08. The zero-order valence-electron chi connectivity index (χ0n) is 14.4. The van der Waals surface area contributed by atoms with Gasteiger partial charge in [0, 0.05) is 33.1 Å². The number of aryl methyl sites for hydroxylation is 1. The molecule has 2 rings (SSSR count). The molecule has 0 saturated carbocycles. The van der Waals surface area contributed by atoms with E-state index >= 15 is 0 Å². The number of sulfonamides is 1. The predicted octanol–water partition coefficient (Wildman–Crippen LogP) is 0.328. The number of amides is 1. The van der Waals surface area contributed by atoms with Crippen LogP contribution in [0.25, 0.3) is 0 Å². The average Bonchev–Trinajstić information content (AvgIpc) is 2.86. The number of ether oxygens (including phenoxy) is 1. The van der Waals surface area contributed by atoms with Gasteiger partial charge < -0.3 is 14.7 Å². The van der Waals surface area contributed by atoms with Gasteiger partial charge in [-0.3, -0.25) is 4.79 Å². The van der Waals surface area contributed by atoms with Crippen molar-refractivity contribution in [1.29, 1.82) is 0 Å². The molecule has 0 aromatic heterocycles. The topological polar surface area (TPSA) is 87.2 Å². The van der Waals surface area contributed by atoms with E-state index in [1.54, 1.807) is 12.1 Å². The first kappa shape index (κ1) is 18.7. The molecule has 7 nitrogen and oxygen atoms in total. The van der Waals surface area contributed by atoms with Gasteiger partial charge in [-0.05, 0) is 18.6 Å². The molecule has 0 bridgehead atoms. The van der Waals surface area contributed by atoms with Crippen LogP contribution in [0.5, 0.6) is 5.75 Å². The third-order valence-electron chi connectivity index (χ3n) is 4.34. The van der Waals surface area contributed by atoms with E-state index in [9.17, 15) is 18.3 Å². The van der Waals surface area contributed by atoms with Crippen molar-refractivity contribution in [2.45, 2.75) is 13.0 Å². The van der Waals surface area contributed by atoms with Gasteiger partial charge in [-0.25, -0.2) is 12.7 Å². The Kier molecular flexibility index (Phi) is 5.52. The fraction of sp³-hybridized carbons (Fsp3) is 0.562. The minimum absolute atomic E-state index is 0.115. The lowest BCUT2D eigenvalue weighted by atomic mass is 10.1. The van der Waals surface area contributed by atoms with Gasteiger partial charge in [0.1, 0.15) is 5.75 Å². The second-order valence-corrected chi connectivity index (χ2v) is 8.48. The summed E-state index contributed by atoms with van der Waals surface area (Å²) in [5.74, 6) is -0.473. The highest BCUT2D eigenvalue weighted by Gasteiger charge is 2.38. The van der Waals surface area contributed by atoms with E-state index in [0.29, 0.717) is 11.3 Å². The number of hydrogen-bond acceptors (Lipinski definition) is 5. The number of methoxy groups -OCH3 is 1. The molecule has 1 aromatic carbocycles. The summed E-state index contributed by atoms with van der Waals surface area (Å²) in [6.45, 7) is 2.13. The van der Waals surface area contributed by atoms with Gasteiger partial charge in [-0.15, -0.1) is 0 Å². The van der Waals surface area contributed by atoms with E-state index in [1.807, 2.05) is 13.0 Å². The van der Waals surface area contributed by atoms with Crippen LogP contribution in [0.1, 0.15) is 15.9 Å². The highest BCUT2D eigenvalue weighted by molar-refractivity contribution is 7.89. The number of aliphatic hydroxyl groups is 1. The van der Waals surface area contributed by atoms with E-state index in [2.05, 4.69) is 0 Å². The zero-order chi connectivity index (χ0) is 18.1. The van der Waals surface area contributed by atoms with E-state index in [0.717, 1.165) is 9.87 Å². The van der Waals surface area contributed by atoms with Gasteiger partial charge in [0.2, 0.25) is 10.0 Å². The molecule has 1 N–H and O–H groups in total. The predicted molar refractivity (Wildman–Crippen MR) is 90.6 cm³/mol. The second-order valence-electron chi connectivity index (χ2n) is 6.25. The molecule has 1 aliphatic rings. The van der Waals surface area contributed by atoms with Gasteiger partial charge in [0.15, 0.2) is 0 Å². The number of likely N-dealkylation sites (tertiary alicyclic amines) is 1. The summed E-state index contributed by atoms with van der Waals surface area (Å²) in [5, 5.41) is 10.2. The number of β-amino-alcohol motifs (C(OH)–C–C–N with tert-alkyl or cyclic N) is 1. The molecule has 0 aliphatic carbocycles. The van der Waals surface area contributed by atoms with Crippen LogP contribution >= 0.6 is 0 Å². The molecule has 0 radical (unpaired) electrons. The lowest BCUT2D eigenvalue weighted by Gasteiger charge is -2.20. The Hall–Kier alpha value is -1.64. The quantitative estimate of drug-likeness (QED) is 0.821. The summed E-state index contributed by atoms with van der Waals surface area (Å²) in [4.78, 5) is 14.3. The molecule has 134 valence electrons. The van der Waals surface area contributed by atoms with Crippen molar-refractivity contribution in [3.05, 3.63) is 29.3 Å². The lowest BCUT2D eigenvalue weighted by Crippen LogP contribution is -2.33. The van der Waals surface area contributed by atoms with Crippen LogP contribution in [-0.4, -0.2) is 74.8 Å². The zero-order valence-corrected chi connectivity index (χ0v) is 15.2. The smallest absolute Gasteiger partial charge is 0.257 e. The average molecular weight is 356 g/mol. The number of benzene rings is 1. The Morgan fingerprint density at radius 3 is 2.62 bits per heavy atom. The van der Waals surface area contributed by atoms with Crippen molar-refractivity contribution in [1.82, 2.24) is 9.21 Å². The molecule has 1 aliphatic heterocycles. The fourth-order valence-corrected chi connectivity index (χ4v) is 4.01. The number of rotatable bonds is 5. The fourth-order valence-electron chi connectivity index (χ4n) is 2.85. The van der Waals surface area contributed by atoms with Crippen molar-refractivity contribution in [2.24, 2.45) is 5.92 Å². The normalized spacial score (nSPS) is 21.3. The van der Waals surface area contributed by atoms with Crippen LogP contribution in [0.15, 0.2) is 18.2 Å². The Labute approximate surface area is 142 Å². The number of hydrogen-bond donors (Lipinski definition) is 1. The summed E-state index contributed by atoms with van der Waals surface area (Å²) >= 11 is 0. The molecule has 24 heavy (non-hydrogen) atoms. The lowest BCUT2D eigenvalue weighted by molar-refractivity contribution is 0.0760. The summed E-state index contributed by atoms with van der Waals surface area (Å²) in [6, 6.07) is 5.33. The van der Waals surface area contributed by atoms with E-state index in [1.165, 1.54) is 26.1 Å². The molecular weight excluding hydrogens is 332 g/mol. The first-order valence-corrected chi connectivity index (χ1v) is 9.29. The molecule has 0 spiro atoms. The molecular formula is C16H24N2O5S. The molecule has 8 heteroatoms. The van der Waals surface area contributed by atoms with Crippen LogP contribution in [0.4, 0.5) is 0 Å². The maximum absolute atomic E-state index is 12.8. The molecule has 2 atom stereocenters. The molecule has 0 unspecified atom stereocenters. The SMILES string of the molecule is COc1cccc(C)c1C(=O)N1C[C@@H](CS(=O)(=O)N(C)C)[C@H](O)C1. The largest absolute Gasteiger partial charge is 0.496 e. The molecule has 1 saturated heterocycles. The number of aliphatic hydroxyl groups excluding tert-OH is 1. The Morgan fingerprint density at radius 1 is 1.38 bits per heavy atom. The number of carbonyl (C=O) groups is 1. The van der Waals surface area contributed by atoms with Crippen LogP contribution in [0.3, 0.4) is 0 Å². The standard InChI is InChI=1S/C16H24N2O5S/c1-11-6-5-7-14(23-4)15(11)16(20)18-8-12(13(19)9-18)10-24(21,22)17(2)3/h5-7,12-13,19H,8-10H2,1-4H3/t12-,13+/m0/s1. The molecule has 1 fully saturated rings. The Bertz CT molecular complexity index is 717. The monoisotopic (exact) mass is 356 g/mol. The third kappa shape index (κ3) is 3.71. The minimum atomic E-state index is -3.44. The van der Waals surface area contributed by atoms with E-state index < -0.39 is 22.0 Å². The van der Waals surface area contributed by atoms with Gasteiger partial charge in [-0.1, -0.05) is 12.1 Å². The van der Waals surface area contributed by atoms with Crippen molar-refractivity contribution in [3.63, 3.8) is 0 Å². The highest BCUT2D eigenvalue weighted by Crippen LogP contribution is 2.27. The number of carbonyl (C=O) groups excluding carboxylic acids is 1. The van der Waals surface area contributed by atoms with E-state index in [4.69, 9.17) is 4.74 Å².